The number of hydrogen-bond donors (Lipinski definition) is 1. The van der Waals surface area contributed by atoms with Gasteiger partial charge in [0.05, 0.1) is 6.54 Å². The van der Waals surface area contributed by atoms with Crippen LogP contribution in [0.1, 0.15) is 18.1 Å². The Morgan fingerprint density at radius 3 is 2.83 bits per heavy atom. The van der Waals surface area contributed by atoms with Crippen molar-refractivity contribution in [3.63, 3.8) is 0 Å². The minimum atomic E-state index is -0.956. The van der Waals surface area contributed by atoms with Crippen LogP contribution in [0.15, 0.2) is 24.3 Å². The summed E-state index contributed by atoms with van der Waals surface area (Å²) < 4.78 is 0. The van der Waals surface area contributed by atoms with E-state index >= 15 is 0 Å². The maximum absolute atomic E-state index is 10.6. The third-order valence-electron chi connectivity index (χ3n) is 2.59. The van der Waals surface area contributed by atoms with Crippen molar-refractivity contribution in [2.75, 3.05) is 18.0 Å². The summed E-state index contributed by atoms with van der Waals surface area (Å²) >= 11 is 0. The predicted molar refractivity (Wildman–Crippen MR) is 74.6 cm³/mol. The summed E-state index contributed by atoms with van der Waals surface area (Å²) in [5, 5.41) is 8.70. The van der Waals surface area contributed by atoms with Crippen molar-refractivity contribution in [1.29, 1.82) is 0 Å². The topological polar surface area (TPSA) is 40.5 Å². The van der Waals surface area contributed by atoms with Crippen molar-refractivity contribution in [3.8, 4) is 12.3 Å². The smallest absolute Gasteiger partial charge is 0.328 e. The maximum atomic E-state index is 10.6. The average molecular weight is 243 g/mol. The molecule has 0 radical (unpaired) electrons. The van der Waals surface area contributed by atoms with Crippen molar-refractivity contribution < 1.29 is 9.90 Å². The number of rotatable bonds is 5. The van der Waals surface area contributed by atoms with Gasteiger partial charge in [0.15, 0.2) is 0 Å². The van der Waals surface area contributed by atoms with Crippen LogP contribution in [0.25, 0.3) is 6.08 Å². The Kier molecular flexibility index (Phi) is 5.01. The predicted octanol–water partition coefficient (Wildman–Crippen LogP) is 2.55. The molecule has 1 rings (SSSR count). The van der Waals surface area contributed by atoms with Gasteiger partial charge in [-0.3, -0.25) is 0 Å². The second-order valence-electron chi connectivity index (χ2n) is 3.95. The monoisotopic (exact) mass is 243 g/mol. The van der Waals surface area contributed by atoms with Crippen LogP contribution in [0, 0.1) is 19.3 Å². The number of aryl methyl sites for hydroxylation is 1. The summed E-state index contributed by atoms with van der Waals surface area (Å²) in [6.07, 6.45) is 8.08. The lowest BCUT2D eigenvalue weighted by molar-refractivity contribution is -0.131. The van der Waals surface area contributed by atoms with E-state index in [0.717, 1.165) is 29.4 Å². The van der Waals surface area contributed by atoms with Crippen LogP contribution in [-0.2, 0) is 4.79 Å². The highest BCUT2D eigenvalue weighted by molar-refractivity contribution is 5.87. The zero-order chi connectivity index (χ0) is 13.5. The Bertz CT molecular complexity index is 498. The molecule has 3 nitrogen and oxygen atoms in total. The minimum Gasteiger partial charge on any atom is -0.478 e. The van der Waals surface area contributed by atoms with E-state index in [1.54, 1.807) is 6.08 Å². The molecule has 18 heavy (non-hydrogen) atoms. The normalized spacial score (nSPS) is 10.3. The van der Waals surface area contributed by atoms with Gasteiger partial charge in [-0.15, -0.1) is 6.42 Å². The number of carboxylic acids is 1. The molecule has 1 N–H and O–H groups in total. The van der Waals surface area contributed by atoms with Crippen molar-refractivity contribution in [1.82, 2.24) is 0 Å². The zero-order valence-corrected chi connectivity index (χ0v) is 10.7. The number of aliphatic carboxylic acids is 1. The van der Waals surface area contributed by atoms with Crippen LogP contribution in [0.5, 0.6) is 0 Å². The Morgan fingerprint density at radius 1 is 1.56 bits per heavy atom. The van der Waals surface area contributed by atoms with E-state index in [4.69, 9.17) is 11.5 Å². The number of nitrogens with zero attached hydrogens (tertiary/aromatic N) is 1. The number of benzene rings is 1. The molecule has 0 aliphatic rings. The lowest BCUT2D eigenvalue weighted by Crippen LogP contribution is -2.23. The molecule has 0 aliphatic carbocycles. The molecule has 0 atom stereocenters. The van der Waals surface area contributed by atoms with E-state index in [9.17, 15) is 4.79 Å². The summed E-state index contributed by atoms with van der Waals surface area (Å²) in [6, 6.07) is 5.91. The van der Waals surface area contributed by atoms with Crippen LogP contribution in [0.2, 0.25) is 0 Å². The van der Waals surface area contributed by atoms with Gasteiger partial charge in [-0.1, -0.05) is 17.6 Å². The zero-order valence-electron chi connectivity index (χ0n) is 10.7. The standard InChI is InChI=1S/C15H17NO2/c1-4-10-16(5-2)14-8-6-12(3)11-13(14)7-9-15(17)18/h1,6-9,11H,5,10H2,2-3H3,(H,17,18)/b9-7+. The van der Waals surface area contributed by atoms with E-state index in [2.05, 4.69) is 5.92 Å². The SMILES string of the molecule is C#CCN(CC)c1ccc(C)cc1/C=C/C(=O)O. The molecule has 0 aliphatic heterocycles. The van der Waals surface area contributed by atoms with Gasteiger partial charge in [-0.2, -0.15) is 0 Å². The average Bonchev–Trinajstić information content (AvgIpc) is 2.34. The largest absolute Gasteiger partial charge is 0.478 e. The molecule has 0 amide bonds. The summed E-state index contributed by atoms with van der Waals surface area (Å²) in [4.78, 5) is 12.6. The van der Waals surface area contributed by atoms with Gasteiger partial charge in [0, 0.05) is 18.3 Å². The lowest BCUT2D eigenvalue weighted by Gasteiger charge is -2.22. The maximum Gasteiger partial charge on any atom is 0.328 e. The first kappa shape index (κ1) is 13.9. The van der Waals surface area contributed by atoms with Crippen LogP contribution in [-0.4, -0.2) is 24.2 Å². The number of terminal acetylenes is 1. The van der Waals surface area contributed by atoms with E-state index in [0.29, 0.717) is 6.54 Å². The highest BCUT2D eigenvalue weighted by atomic mass is 16.4. The molecule has 0 aromatic heterocycles. The number of anilines is 1. The fourth-order valence-corrected chi connectivity index (χ4v) is 1.73. The first-order valence-electron chi connectivity index (χ1n) is 5.78. The fraction of sp³-hybridized carbons (Fsp3) is 0.267. The second kappa shape index (κ2) is 6.51. The van der Waals surface area contributed by atoms with Crippen LogP contribution < -0.4 is 4.90 Å². The molecule has 0 fully saturated rings. The second-order valence-corrected chi connectivity index (χ2v) is 3.95. The Labute approximate surface area is 108 Å². The molecular weight excluding hydrogens is 226 g/mol. The van der Waals surface area contributed by atoms with Crippen molar-refractivity contribution in [2.24, 2.45) is 0 Å². The van der Waals surface area contributed by atoms with Crippen molar-refractivity contribution in [2.45, 2.75) is 13.8 Å². The summed E-state index contributed by atoms with van der Waals surface area (Å²) in [7, 11) is 0. The third-order valence-corrected chi connectivity index (χ3v) is 2.59. The highest BCUT2D eigenvalue weighted by Crippen LogP contribution is 2.23. The molecular formula is C15H17NO2. The Balaban J connectivity index is 3.17. The molecule has 3 heteroatoms. The molecule has 0 saturated carbocycles. The van der Waals surface area contributed by atoms with Crippen molar-refractivity contribution >= 4 is 17.7 Å². The van der Waals surface area contributed by atoms with Gasteiger partial charge in [-0.25, -0.2) is 4.79 Å². The summed E-state index contributed by atoms with van der Waals surface area (Å²) in [5.41, 5.74) is 2.91. The molecule has 0 bridgehead atoms. The van der Waals surface area contributed by atoms with Gasteiger partial charge in [0.1, 0.15) is 0 Å². The van der Waals surface area contributed by atoms with E-state index in [1.165, 1.54) is 0 Å². The first-order valence-corrected chi connectivity index (χ1v) is 5.78. The van der Waals surface area contributed by atoms with E-state index in [1.807, 2.05) is 36.9 Å². The molecule has 0 heterocycles. The molecule has 0 saturated heterocycles. The Morgan fingerprint density at radius 2 is 2.28 bits per heavy atom. The van der Waals surface area contributed by atoms with Gasteiger partial charge in [0.2, 0.25) is 0 Å². The van der Waals surface area contributed by atoms with E-state index in [-0.39, 0.29) is 0 Å². The fourth-order valence-electron chi connectivity index (χ4n) is 1.73. The minimum absolute atomic E-state index is 0.507. The Hall–Kier alpha value is -2.21. The molecule has 94 valence electrons. The first-order chi connectivity index (χ1) is 8.58. The third kappa shape index (κ3) is 3.67. The van der Waals surface area contributed by atoms with Crippen LogP contribution in [0.3, 0.4) is 0 Å². The molecule has 0 unspecified atom stereocenters. The van der Waals surface area contributed by atoms with Crippen LogP contribution in [0.4, 0.5) is 5.69 Å². The van der Waals surface area contributed by atoms with E-state index < -0.39 is 5.97 Å². The number of hydrogen-bond acceptors (Lipinski definition) is 2. The van der Waals surface area contributed by atoms with Crippen LogP contribution >= 0.6 is 0 Å². The molecule has 0 spiro atoms. The lowest BCUT2D eigenvalue weighted by atomic mass is 10.1. The molecule has 1 aromatic rings. The molecule has 1 aromatic carbocycles. The van der Waals surface area contributed by atoms with Gasteiger partial charge < -0.3 is 10.0 Å². The number of carbonyl (C=O) groups is 1. The van der Waals surface area contributed by atoms with Gasteiger partial charge in [0.25, 0.3) is 0 Å². The van der Waals surface area contributed by atoms with Crippen molar-refractivity contribution in [3.05, 3.63) is 35.4 Å². The summed E-state index contributed by atoms with van der Waals surface area (Å²) in [5.74, 6) is 1.65. The quantitative estimate of drug-likeness (QED) is 0.638. The number of carboxylic acid groups (broad SMARTS) is 1. The van der Waals surface area contributed by atoms with Gasteiger partial charge >= 0.3 is 5.97 Å². The van der Waals surface area contributed by atoms with Gasteiger partial charge in [-0.05, 0) is 37.6 Å². The highest BCUT2D eigenvalue weighted by Gasteiger charge is 2.07. The summed E-state index contributed by atoms with van der Waals surface area (Å²) in [6.45, 7) is 5.27.